The molecule has 0 radical (unpaired) electrons. The van der Waals surface area contributed by atoms with Gasteiger partial charge in [-0.1, -0.05) is 18.5 Å². The molecule has 0 unspecified atom stereocenters. The normalized spacial score (nSPS) is 13.1. The van der Waals surface area contributed by atoms with Crippen molar-refractivity contribution in [3.63, 3.8) is 0 Å². The van der Waals surface area contributed by atoms with Gasteiger partial charge in [0, 0.05) is 24.6 Å². The van der Waals surface area contributed by atoms with Gasteiger partial charge in [0.15, 0.2) is 5.69 Å². The van der Waals surface area contributed by atoms with Crippen molar-refractivity contribution in [1.29, 1.82) is 0 Å². The first-order chi connectivity index (χ1) is 15.8. The Labute approximate surface area is 202 Å². The molecule has 0 bridgehead atoms. The SMILES string of the molecule is CCCS(=O)(=O)c1ncc(Cl)c(C(=O)Nc2sc3c(c2C(=O)NCCCOCC)CCC3)n1. The molecular weight excluding hydrogens is 488 g/mol. The molecule has 0 fully saturated rings. The van der Waals surface area contributed by atoms with E-state index in [1.54, 1.807) is 6.92 Å². The molecule has 0 spiro atoms. The third-order valence-corrected chi connectivity index (χ3v) is 8.20. The summed E-state index contributed by atoms with van der Waals surface area (Å²) in [4.78, 5) is 34.7. The summed E-state index contributed by atoms with van der Waals surface area (Å²) in [5.74, 6) is -1.09. The average molecular weight is 515 g/mol. The zero-order valence-corrected chi connectivity index (χ0v) is 21.0. The van der Waals surface area contributed by atoms with E-state index in [0.717, 1.165) is 35.9 Å². The third-order valence-electron chi connectivity index (χ3n) is 5.02. The van der Waals surface area contributed by atoms with Gasteiger partial charge in [-0.3, -0.25) is 9.59 Å². The number of hydrogen-bond acceptors (Lipinski definition) is 8. The number of thiophene rings is 1. The van der Waals surface area contributed by atoms with Gasteiger partial charge in [-0.2, -0.15) is 0 Å². The molecule has 9 nitrogen and oxygen atoms in total. The molecule has 0 aromatic carbocycles. The molecule has 0 saturated carbocycles. The predicted molar refractivity (Wildman–Crippen MR) is 127 cm³/mol. The van der Waals surface area contributed by atoms with E-state index in [0.29, 0.717) is 43.2 Å². The lowest BCUT2D eigenvalue weighted by atomic mass is 10.1. The first kappa shape index (κ1) is 25.5. The number of fused-ring (bicyclic) bond motifs is 1. The summed E-state index contributed by atoms with van der Waals surface area (Å²) in [7, 11) is -3.72. The second-order valence-electron chi connectivity index (χ2n) is 7.49. The Kier molecular flexibility index (Phi) is 8.80. The molecule has 2 aromatic rings. The molecule has 0 atom stereocenters. The summed E-state index contributed by atoms with van der Waals surface area (Å²) in [5, 5.41) is 5.49. The van der Waals surface area contributed by atoms with Crippen molar-refractivity contribution in [2.75, 3.05) is 30.8 Å². The van der Waals surface area contributed by atoms with E-state index in [9.17, 15) is 18.0 Å². The molecule has 1 aliphatic rings. The van der Waals surface area contributed by atoms with Gasteiger partial charge in [0.25, 0.3) is 11.8 Å². The van der Waals surface area contributed by atoms with Crippen molar-refractivity contribution in [3.8, 4) is 0 Å². The summed E-state index contributed by atoms with van der Waals surface area (Å²) < 4.78 is 29.9. The molecule has 2 aromatic heterocycles. The molecule has 2 heterocycles. The molecular formula is C21H27ClN4O5S2. The van der Waals surface area contributed by atoms with E-state index in [-0.39, 0.29) is 22.4 Å². The number of aromatic nitrogens is 2. The summed E-state index contributed by atoms with van der Waals surface area (Å²) >= 11 is 7.45. The van der Waals surface area contributed by atoms with Gasteiger partial charge >= 0.3 is 0 Å². The van der Waals surface area contributed by atoms with E-state index < -0.39 is 20.9 Å². The first-order valence-electron chi connectivity index (χ1n) is 10.9. The summed E-state index contributed by atoms with van der Waals surface area (Å²) in [6.07, 6.45) is 4.73. The van der Waals surface area contributed by atoms with Crippen LogP contribution in [0.25, 0.3) is 0 Å². The van der Waals surface area contributed by atoms with E-state index in [1.165, 1.54) is 11.3 Å². The maximum atomic E-state index is 13.0. The van der Waals surface area contributed by atoms with Crippen molar-refractivity contribution in [2.45, 2.75) is 51.1 Å². The van der Waals surface area contributed by atoms with Gasteiger partial charge in [-0.15, -0.1) is 11.3 Å². The van der Waals surface area contributed by atoms with Crippen LogP contribution in [-0.4, -0.2) is 55.7 Å². The van der Waals surface area contributed by atoms with Crippen molar-refractivity contribution in [3.05, 3.63) is 32.9 Å². The Hall–Kier alpha value is -2.08. The lowest BCUT2D eigenvalue weighted by Crippen LogP contribution is -2.27. The molecule has 1 aliphatic carbocycles. The monoisotopic (exact) mass is 514 g/mol. The smallest absolute Gasteiger partial charge is 0.276 e. The number of amides is 2. The quantitative estimate of drug-likeness (QED) is 0.348. The van der Waals surface area contributed by atoms with E-state index in [2.05, 4.69) is 20.6 Å². The van der Waals surface area contributed by atoms with Gasteiger partial charge < -0.3 is 15.4 Å². The van der Waals surface area contributed by atoms with Crippen molar-refractivity contribution >= 4 is 49.6 Å². The van der Waals surface area contributed by atoms with Crippen LogP contribution in [0.4, 0.5) is 5.00 Å². The number of carbonyl (C=O) groups is 2. The van der Waals surface area contributed by atoms with Crippen LogP contribution in [0.1, 0.15) is 64.4 Å². The average Bonchev–Trinajstić information content (AvgIpc) is 3.34. The van der Waals surface area contributed by atoms with Crippen molar-refractivity contribution in [2.24, 2.45) is 0 Å². The Morgan fingerprint density at radius 1 is 1.24 bits per heavy atom. The van der Waals surface area contributed by atoms with Gasteiger partial charge in [0.05, 0.1) is 22.5 Å². The van der Waals surface area contributed by atoms with Gasteiger partial charge in [-0.25, -0.2) is 18.4 Å². The number of nitrogens with zero attached hydrogens (tertiary/aromatic N) is 2. The van der Waals surface area contributed by atoms with Gasteiger partial charge in [0.1, 0.15) is 5.00 Å². The Bertz CT molecular complexity index is 1130. The number of ether oxygens (including phenoxy) is 1. The molecule has 0 saturated heterocycles. The molecule has 33 heavy (non-hydrogen) atoms. The Morgan fingerprint density at radius 3 is 2.76 bits per heavy atom. The topological polar surface area (TPSA) is 127 Å². The second kappa shape index (κ2) is 11.4. The number of aryl methyl sites for hydroxylation is 1. The van der Waals surface area contributed by atoms with Crippen LogP contribution in [0.3, 0.4) is 0 Å². The van der Waals surface area contributed by atoms with E-state index >= 15 is 0 Å². The zero-order valence-electron chi connectivity index (χ0n) is 18.6. The number of halogens is 1. The minimum atomic E-state index is -3.72. The minimum Gasteiger partial charge on any atom is -0.382 e. The Balaban J connectivity index is 1.83. The maximum absolute atomic E-state index is 13.0. The first-order valence-corrected chi connectivity index (χ1v) is 13.7. The fourth-order valence-corrected chi connectivity index (χ4v) is 6.15. The number of carbonyl (C=O) groups excluding carboxylic acids is 2. The van der Waals surface area contributed by atoms with Crippen LogP contribution in [0.5, 0.6) is 0 Å². The lowest BCUT2D eigenvalue weighted by Gasteiger charge is -2.10. The molecule has 0 aliphatic heterocycles. The highest BCUT2D eigenvalue weighted by molar-refractivity contribution is 7.91. The summed E-state index contributed by atoms with van der Waals surface area (Å²) in [5.41, 5.74) is 1.14. The highest BCUT2D eigenvalue weighted by atomic mass is 35.5. The second-order valence-corrected chi connectivity index (χ2v) is 11.0. The van der Waals surface area contributed by atoms with Crippen molar-refractivity contribution in [1.82, 2.24) is 15.3 Å². The van der Waals surface area contributed by atoms with Crippen LogP contribution >= 0.6 is 22.9 Å². The van der Waals surface area contributed by atoms with Crippen LogP contribution in [0.15, 0.2) is 11.4 Å². The lowest BCUT2D eigenvalue weighted by molar-refractivity contribution is 0.0944. The fourth-order valence-electron chi connectivity index (χ4n) is 3.52. The summed E-state index contributed by atoms with van der Waals surface area (Å²) in [6, 6.07) is 0. The highest BCUT2D eigenvalue weighted by Crippen LogP contribution is 2.39. The fraction of sp³-hybridized carbons (Fsp3) is 0.524. The molecule has 180 valence electrons. The van der Waals surface area contributed by atoms with Crippen molar-refractivity contribution < 1.29 is 22.7 Å². The number of hydrogen-bond donors (Lipinski definition) is 2. The van der Waals surface area contributed by atoms with Gasteiger partial charge in [0.2, 0.25) is 15.0 Å². The summed E-state index contributed by atoms with van der Waals surface area (Å²) in [6.45, 7) is 5.26. The minimum absolute atomic E-state index is 0.0750. The van der Waals surface area contributed by atoms with Crippen LogP contribution < -0.4 is 10.6 Å². The van der Waals surface area contributed by atoms with Gasteiger partial charge in [-0.05, 0) is 44.6 Å². The molecule has 2 N–H and O–H groups in total. The largest absolute Gasteiger partial charge is 0.382 e. The number of anilines is 1. The van der Waals surface area contributed by atoms with Crippen LogP contribution in [0, 0.1) is 0 Å². The van der Waals surface area contributed by atoms with E-state index in [4.69, 9.17) is 16.3 Å². The number of nitrogens with one attached hydrogen (secondary N) is 2. The molecule has 2 amide bonds. The molecule has 3 rings (SSSR count). The Morgan fingerprint density at radius 2 is 2.03 bits per heavy atom. The van der Waals surface area contributed by atoms with Crippen LogP contribution in [0.2, 0.25) is 5.02 Å². The van der Waals surface area contributed by atoms with Crippen LogP contribution in [-0.2, 0) is 27.4 Å². The third kappa shape index (κ3) is 6.08. The van der Waals surface area contributed by atoms with E-state index in [1.807, 2.05) is 6.92 Å². The number of sulfone groups is 1. The standard InChI is InChI=1S/C21H27ClN4O5S2/c1-3-11-33(29,30)21-24-12-14(22)17(25-21)19(28)26-20-16(13-7-5-8-15(13)32-20)18(27)23-9-6-10-31-4-2/h12H,3-11H2,1-2H3,(H,23,27)(H,26,28). The maximum Gasteiger partial charge on any atom is 0.276 e. The highest BCUT2D eigenvalue weighted by Gasteiger charge is 2.29. The predicted octanol–water partition coefficient (Wildman–Crippen LogP) is 3.27. The zero-order chi connectivity index (χ0) is 24.0. The number of rotatable bonds is 11. The molecule has 12 heteroatoms.